The molecule has 1 aromatic carbocycles. The average Bonchev–Trinajstić information content (AvgIpc) is 3.42. The number of benzene rings is 1. The van der Waals surface area contributed by atoms with E-state index in [4.69, 9.17) is 19.2 Å². The minimum absolute atomic E-state index is 0.266. The molecule has 8 heteroatoms. The summed E-state index contributed by atoms with van der Waals surface area (Å²) in [5, 5.41) is 9.67. The Morgan fingerprint density at radius 3 is 2.89 bits per heavy atom. The second-order valence-corrected chi connectivity index (χ2v) is 7.29. The number of nitrogens with zero attached hydrogens (tertiary/aromatic N) is 2. The molecule has 0 aliphatic carbocycles. The van der Waals surface area contributed by atoms with E-state index in [0.717, 1.165) is 67.2 Å². The van der Waals surface area contributed by atoms with Gasteiger partial charge in [0.1, 0.15) is 10.8 Å². The Morgan fingerprint density at radius 1 is 1.32 bits per heavy atom. The predicted molar refractivity (Wildman–Crippen MR) is 112 cm³/mol. The molecule has 2 N–H and O–H groups in total. The van der Waals surface area contributed by atoms with Crippen molar-refractivity contribution in [3.8, 4) is 16.3 Å². The molecule has 1 fully saturated rings. The third kappa shape index (κ3) is 6.19. The maximum absolute atomic E-state index is 5.77. The van der Waals surface area contributed by atoms with Gasteiger partial charge in [0.2, 0.25) is 0 Å². The molecule has 1 aromatic heterocycles. The molecule has 1 saturated heterocycles. The van der Waals surface area contributed by atoms with Crippen LogP contribution in [0.3, 0.4) is 0 Å². The van der Waals surface area contributed by atoms with Gasteiger partial charge in [-0.25, -0.2) is 4.98 Å². The standard InChI is InChI=1S/C20H28N4O3S/c1-21-20(22-9-3-10-27-18-8-11-26-13-18)23-12-16-14-28-19(24-16)15-4-6-17(25-2)7-5-15/h4-7,14,18H,3,8-13H2,1-2H3,(H2,21,22,23). The lowest BCUT2D eigenvalue weighted by Gasteiger charge is -2.12. The van der Waals surface area contributed by atoms with Gasteiger partial charge < -0.3 is 24.8 Å². The van der Waals surface area contributed by atoms with Gasteiger partial charge in [0, 0.05) is 37.7 Å². The lowest BCUT2D eigenvalue weighted by Crippen LogP contribution is -2.37. The second kappa shape index (κ2) is 11.0. The van der Waals surface area contributed by atoms with E-state index in [2.05, 4.69) is 21.0 Å². The number of thiazole rings is 1. The van der Waals surface area contributed by atoms with Crippen LogP contribution < -0.4 is 15.4 Å². The largest absolute Gasteiger partial charge is 0.497 e. The van der Waals surface area contributed by atoms with Crippen molar-refractivity contribution in [1.29, 1.82) is 0 Å². The van der Waals surface area contributed by atoms with E-state index in [9.17, 15) is 0 Å². The van der Waals surface area contributed by atoms with Gasteiger partial charge in [-0.05, 0) is 37.1 Å². The summed E-state index contributed by atoms with van der Waals surface area (Å²) >= 11 is 1.63. The third-order valence-electron chi connectivity index (χ3n) is 4.40. The van der Waals surface area contributed by atoms with Crippen molar-refractivity contribution in [2.24, 2.45) is 4.99 Å². The van der Waals surface area contributed by atoms with Crippen LogP contribution in [0, 0.1) is 0 Å². The summed E-state index contributed by atoms with van der Waals surface area (Å²) in [4.78, 5) is 8.95. The highest BCUT2D eigenvalue weighted by Gasteiger charge is 2.15. The molecule has 0 saturated carbocycles. The molecule has 0 radical (unpaired) electrons. The van der Waals surface area contributed by atoms with Gasteiger partial charge in [0.05, 0.1) is 32.1 Å². The van der Waals surface area contributed by atoms with Crippen molar-refractivity contribution < 1.29 is 14.2 Å². The highest BCUT2D eigenvalue weighted by molar-refractivity contribution is 7.13. The second-order valence-electron chi connectivity index (χ2n) is 6.43. The van der Waals surface area contributed by atoms with E-state index >= 15 is 0 Å². The molecule has 1 aliphatic rings. The first-order valence-corrected chi connectivity index (χ1v) is 10.4. The van der Waals surface area contributed by atoms with E-state index in [1.165, 1.54) is 0 Å². The van der Waals surface area contributed by atoms with Gasteiger partial charge in [-0.2, -0.15) is 0 Å². The smallest absolute Gasteiger partial charge is 0.191 e. The van der Waals surface area contributed by atoms with Crippen molar-refractivity contribution in [3.05, 3.63) is 35.3 Å². The number of hydrogen-bond donors (Lipinski definition) is 2. The number of methoxy groups -OCH3 is 1. The van der Waals surface area contributed by atoms with Gasteiger partial charge in [0.25, 0.3) is 0 Å². The van der Waals surface area contributed by atoms with Crippen LogP contribution in [0.5, 0.6) is 5.75 Å². The quantitative estimate of drug-likeness (QED) is 0.380. The maximum Gasteiger partial charge on any atom is 0.191 e. The summed E-state index contributed by atoms with van der Waals surface area (Å²) in [5.41, 5.74) is 2.08. The van der Waals surface area contributed by atoms with Gasteiger partial charge in [-0.1, -0.05) is 0 Å². The average molecular weight is 405 g/mol. The van der Waals surface area contributed by atoms with Gasteiger partial charge in [-0.15, -0.1) is 11.3 Å². The highest BCUT2D eigenvalue weighted by atomic mass is 32.1. The molecule has 28 heavy (non-hydrogen) atoms. The molecule has 0 amide bonds. The van der Waals surface area contributed by atoms with Crippen LogP contribution in [0.1, 0.15) is 18.5 Å². The van der Waals surface area contributed by atoms with Gasteiger partial charge in [0.15, 0.2) is 5.96 Å². The molecule has 3 rings (SSSR count). The van der Waals surface area contributed by atoms with Crippen molar-refractivity contribution in [2.45, 2.75) is 25.5 Å². The Bertz CT molecular complexity index is 742. The van der Waals surface area contributed by atoms with Crippen LogP contribution in [0.15, 0.2) is 34.6 Å². The topological polar surface area (TPSA) is 77.0 Å². The van der Waals surface area contributed by atoms with Crippen LogP contribution in [-0.2, 0) is 16.0 Å². The molecule has 2 aromatic rings. The Morgan fingerprint density at radius 2 is 2.18 bits per heavy atom. The van der Waals surface area contributed by atoms with E-state index in [0.29, 0.717) is 6.54 Å². The molecular weight excluding hydrogens is 376 g/mol. The van der Waals surface area contributed by atoms with Crippen LogP contribution in [0.2, 0.25) is 0 Å². The molecule has 0 spiro atoms. The highest BCUT2D eigenvalue weighted by Crippen LogP contribution is 2.25. The van der Waals surface area contributed by atoms with Crippen molar-refractivity contribution in [1.82, 2.24) is 15.6 Å². The Kier molecular flexibility index (Phi) is 8.07. The Balaban J connectivity index is 1.38. The molecule has 1 aliphatic heterocycles. The first-order chi connectivity index (χ1) is 13.8. The summed E-state index contributed by atoms with van der Waals surface area (Å²) in [5.74, 6) is 1.61. The first kappa shape index (κ1) is 20.6. The zero-order valence-electron chi connectivity index (χ0n) is 16.4. The van der Waals surface area contributed by atoms with Crippen molar-refractivity contribution in [3.63, 3.8) is 0 Å². The van der Waals surface area contributed by atoms with Crippen LogP contribution in [0.25, 0.3) is 10.6 Å². The number of aromatic nitrogens is 1. The molecule has 7 nitrogen and oxygen atoms in total. The molecular formula is C20H28N4O3S. The van der Waals surface area contributed by atoms with Crippen molar-refractivity contribution >= 4 is 17.3 Å². The van der Waals surface area contributed by atoms with Crippen molar-refractivity contribution in [2.75, 3.05) is 40.5 Å². The summed E-state index contributed by atoms with van der Waals surface area (Å²) in [6, 6.07) is 7.94. The minimum Gasteiger partial charge on any atom is -0.497 e. The fourth-order valence-electron chi connectivity index (χ4n) is 2.82. The van der Waals surface area contributed by atoms with Crippen LogP contribution in [0.4, 0.5) is 0 Å². The monoisotopic (exact) mass is 404 g/mol. The zero-order valence-corrected chi connectivity index (χ0v) is 17.3. The van der Waals surface area contributed by atoms with Crippen LogP contribution >= 0.6 is 11.3 Å². The van der Waals surface area contributed by atoms with Crippen LogP contribution in [-0.4, -0.2) is 57.6 Å². The third-order valence-corrected chi connectivity index (χ3v) is 5.34. The fraction of sp³-hybridized carbons (Fsp3) is 0.500. The molecule has 1 unspecified atom stereocenters. The first-order valence-electron chi connectivity index (χ1n) is 9.51. The number of nitrogens with one attached hydrogen (secondary N) is 2. The Hall–Kier alpha value is -2.16. The number of hydrogen-bond acceptors (Lipinski definition) is 6. The summed E-state index contributed by atoms with van der Waals surface area (Å²) < 4.78 is 16.3. The molecule has 0 bridgehead atoms. The SMILES string of the molecule is CN=C(NCCCOC1CCOC1)NCc1csc(-c2ccc(OC)cc2)n1. The maximum atomic E-state index is 5.77. The summed E-state index contributed by atoms with van der Waals surface area (Å²) in [6.07, 6.45) is 2.19. The van der Waals surface area contributed by atoms with E-state index < -0.39 is 0 Å². The lowest BCUT2D eigenvalue weighted by atomic mass is 10.2. The predicted octanol–water partition coefficient (Wildman–Crippen LogP) is 2.68. The van der Waals surface area contributed by atoms with E-state index in [-0.39, 0.29) is 6.10 Å². The Labute approximate surface area is 170 Å². The molecule has 2 heterocycles. The summed E-state index contributed by atoms with van der Waals surface area (Å²) in [6.45, 7) is 3.71. The number of rotatable bonds is 9. The molecule has 152 valence electrons. The minimum atomic E-state index is 0.266. The van der Waals surface area contributed by atoms with Gasteiger partial charge in [-0.3, -0.25) is 4.99 Å². The zero-order chi connectivity index (χ0) is 19.6. The fourth-order valence-corrected chi connectivity index (χ4v) is 3.65. The van der Waals surface area contributed by atoms with Gasteiger partial charge >= 0.3 is 0 Å². The number of ether oxygens (including phenoxy) is 3. The lowest BCUT2D eigenvalue weighted by molar-refractivity contribution is 0.0420. The van der Waals surface area contributed by atoms with E-state index in [1.54, 1.807) is 25.5 Å². The number of aliphatic imine (C=N–C) groups is 1. The summed E-state index contributed by atoms with van der Waals surface area (Å²) in [7, 11) is 3.44. The molecule has 1 atom stereocenters. The normalized spacial score (nSPS) is 16.9. The number of guanidine groups is 1. The van der Waals surface area contributed by atoms with E-state index in [1.807, 2.05) is 24.3 Å².